The molecule has 5 nitrogen and oxygen atoms in total. The van der Waals surface area contributed by atoms with Gasteiger partial charge in [-0.05, 0) is 40.2 Å². The van der Waals surface area contributed by atoms with Crippen molar-refractivity contribution in [3.63, 3.8) is 0 Å². The number of amides is 1. The lowest BCUT2D eigenvalue weighted by molar-refractivity contribution is -0.0498. The molecule has 2 aromatic rings. The molecule has 0 fully saturated rings. The second-order valence-corrected chi connectivity index (χ2v) is 5.69. The summed E-state index contributed by atoms with van der Waals surface area (Å²) < 4.78 is 40.0. The molecule has 126 valence electrons. The van der Waals surface area contributed by atoms with Gasteiger partial charge in [-0.3, -0.25) is 4.79 Å². The number of hydrogen-bond donors (Lipinski definition) is 1. The van der Waals surface area contributed by atoms with Crippen molar-refractivity contribution >= 4 is 27.5 Å². The SMILES string of the molecule is O=C(Nc1cc2c(cc1Br)OCCO2)c1ccc(OC(F)F)cc1. The molecule has 0 aromatic heterocycles. The molecule has 0 bridgehead atoms. The maximum Gasteiger partial charge on any atom is 0.387 e. The average molecular weight is 400 g/mol. The van der Waals surface area contributed by atoms with Crippen LogP contribution in [0.4, 0.5) is 14.5 Å². The molecule has 2 aromatic carbocycles. The zero-order valence-corrected chi connectivity index (χ0v) is 13.8. The van der Waals surface area contributed by atoms with Gasteiger partial charge in [0.05, 0.1) is 5.69 Å². The number of rotatable bonds is 4. The van der Waals surface area contributed by atoms with Gasteiger partial charge in [-0.15, -0.1) is 0 Å². The molecule has 0 saturated heterocycles. The molecule has 0 unspecified atom stereocenters. The minimum atomic E-state index is -2.90. The molecule has 0 aliphatic carbocycles. The lowest BCUT2D eigenvalue weighted by Gasteiger charge is -2.20. The first-order valence-electron chi connectivity index (χ1n) is 6.98. The molecular formula is C16H12BrF2NO4. The third-order valence-corrected chi connectivity index (χ3v) is 3.88. The van der Waals surface area contributed by atoms with E-state index < -0.39 is 12.5 Å². The second-order valence-electron chi connectivity index (χ2n) is 4.83. The average Bonchev–Trinajstić information content (AvgIpc) is 2.55. The van der Waals surface area contributed by atoms with E-state index in [9.17, 15) is 13.6 Å². The van der Waals surface area contributed by atoms with E-state index >= 15 is 0 Å². The minimum Gasteiger partial charge on any atom is -0.486 e. The number of anilines is 1. The van der Waals surface area contributed by atoms with Crippen molar-refractivity contribution < 1.29 is 27.8 Å². The summed E-state index contributed by atoms with van der Waals surface area (Å²) in [6.07, 6.45) is 0. The quantitative estimate of drug-likeness (QED) is 0.841. The van der Waals surface area contributed by atoms with Crippen molar-refractivity contribution in [2.45, 2.75) is 6.61 Å². The highest BCUT2D eigenvalue weighted by Crippen LogP contribution is 2.38. The first kappa shape index (κ1) is 16.5. The Labute approximate surface area is 144 Å². The van der Waals surface area contributed by atoms with Crippen LogP contribution in [0.1, 0.15) is 10.4 Å². The first-order valence-corrected chi connectivity index (χ1v) is 7.77. The number of carbonyl (C=O) groups excluding carboxylic acids is 1. The Morgan fingerprint density at radius 2 is 1.75 bits per heavy atom. The fourth-order valence-corrected chi connectivity index (χ4v) is 2.56. The Morgan fingerprint density at radius 1 is 1.12 bits per heavy atom. The molecule has 8 heteroatoms. The lowest BCUT2D eigenvalue weighted by Crippen LogP contribution is -2.17. The predicted octanol–water partition coefficient (Wildman–Crippen LogP) is 4.07. The highest BCUT2D eigenvalue weighted by Gasteiger charge is 2.17. The summed E-state index contributed by atoms with van der Waals surface area (Å²) in [6, 6.07) is 8.78. The van der Waals surface area contributed by atoms with E-state index in [0.29, 0.717) is 40.4 Å². The Bertz CT molecular complexity index is 752. The molecule has 0 atom stereocenters. The lowest BCUT2D eigenvalue weighted by atomic mass is 10.2. The van der Waals surface area contributed by atoms with E-state index in [4.69, 9.17) is 9.47 Å². The van der Waals surface area contributed by atoms with Gasteiger partial charge in [0, 0.05) is 22.2 Å². The van der Waals surface area contributed by atoms with Gasteiger partial charge in [0.2, 0.25) is 0 Å². The molecule has 0 radical (unpaired) electrons. The van der Waals surface area contributed by atoms with Crippen molar-refractivity contribution in [2.24, 2.45) is 0 Å². The van der Waals surface area contributed by atoms with Gasteiger partial charge in [0.15, 0.2) is 11.5 Å². The molecule has 1 N–H and O–H groups in total. The number of ether oxygens (including phenoxy) is 3. The van der Waals surface area contributed by atoms with Crippen LogP contribution in [0.5, 0.6) is 17.2 Å². The molecule has 3 rings (SSSR count). The smallest absolute Gasteiger partial charge is 0.387 e. The number of fused-ring (bicyclic) bond motifs is 1. The van der Waals surface area contributed by atoms with Gasteiger partial charge in [0.1, 0.15) is 19.0 Å². The van der Waals surface area contributed by atoms with Crippen molar-refractivity contribution in [2.75, 3.05) is 18.5 Å². The molecular weight excluding hydrogens is 388 g/mol. The second kappa shape index (κ2) is 7.04. The van der Waals surface area contributed by atoms with Crippen LogP contribution in [0.25, 0.3) is 0 Å². The topological polar surface area (TPSA) is 56.8 Å². The highest BCUT2D eigenvalue weighted by atomic mass is 79.9. The maximum absolute atomic E-state index is 12.3. The summed E-state index contributed by atoms with van der Waals surface area (Å²) in [5, 5.41) is 2.73. The summed E-state index contributed by atoms with van der Waals surface area (Å²) in [6.45, 7) is -2.00. The molecule has 0 spiro atoms. The predicted molar refractivity (Wildman–Crippen MR) is 86.2 cm³/mol. The van der Waals surface area contributed by atoms with Crippen LogP contribution in [0.3, 0.4) is 0 Å². The fraction of sp³-hybridized carbons (Fsp3) is 0.188. The molecule has 1 aliphatic heterocycles. The number of benzene rings is 2. The third kappa shape index (κ3) is 3.76. The highest BCUT2D eigenvalue weighted by molar-refractivity contribution is 9.10. The van der Waals surface area contributed by atoms with Gasteiger partial charge >= 0.3 is 6.61 Å². The standard InChI is InChI=1S/C16H12BrF2NO4/c17-11-7-13-14(23-6-5-22-13)8-12(11)20-15(21)9-1-3-10(4-2-9)24-16(18)19/h1-4,7-8,16H,5-6H2,(H,20,21). The zero-order chi connectivity index (χ0) is 17.1. The van der Waals surface area contributed by atoms with E-state index in [-0.39, 0.29) is 5.75 Å². The summed E-state index contributed by atoms with van der Waals surface area (Å²) in [5.41, 5.74) is 0.815. The normalized spacial score (nSPS) is 12.8. The van der Waals surface area contributed by atoms with Gasteiger partial charge in [-0.2, -0.15) is 8.78 Å². The number of nitrogens with one attached hydrogen (secondary N) is 1. The van der Waals surface area contributed by atoms with Gasteiger partial charge < -0.3 is 19.5 Å². The Balaban J connectivity index is 1.75. The number of carbonyl (C=O) groups is 1. The first-order chi connectivity index (χ1) is 11.5. The number of halogens is 3. The molecule has 1 aliphatic rings. The van der Waals surface area contributed by atoms with Crippen LogP contribution < -0.4 is 19.5 Å². The summed E-state index contributed by atoms with van der Waals surface area (Å²) in [7, 11) is 0. The molecule has 1 amide bonds. The zero-order valence-electron chi connectivity index (χ0n) is 12.2. The van der Waals surface area contributed by atoms with Crippen molar-refractivity contribution in [3.8, 4) is 17.2 Å². The summed E-state index contributed by atoms with van der Waals surface area (Å²) in [4.78, 5) is 12.3. The van der Waals surface area contributed by atoms with Gasteiger partial charge in [-0.25, -0.2) is 0 Å². The Kier molecular flexibility index (Phi) is 4.84. The van der Waals surface area contributed by atoms with Crippen LogP contribution in [-0.4, -0.2) is 25.7 Å². The Morgan fingerprint density at radius 3 is 2.38 bits per heavy atom. The maximum atomic E-state index is 12.3. The van der Waals surface area contributed by atoms with Crippen LogP contribution in [0.2, 0.25) is 0 Å². The molecule has 0 saturated carbocycles. The Hall–Kier alpha value is -2.35. The summed E-state index contributed by atoms with van der Waals surface area (Å²) in [5.74, 6) is 0.734. The van der Waals surface area contributed by atoms with E-state index in [0.717, 1.165) is 0 Å². The van der Waals surface area contributed by atoms with E-state index in [2.05, 4.69) is 26.0 Å². The van der Waals surface area contributed by atoms with E-state index in [1.165, 1.54) is 24.3 Å². The van der Waals surface area contributed by atoms with Gasteiger partial charge in [-0.1, -0.05) is 0 Å². The summed E-state index contributed by atoms with van der Waals surface area (Å²) >= 11 is 3.36. The monoisotopic (exact) mass is 399 g/mol. The van der Waals surface area contributed by atoms with E-state index in [1.807, 2.05) is 0 Å². The van der Waals surface area contributed by atoms with Gasteiger partial charge in [0.25, 0.3) is 5.91 Å². The van der Waals surface area contributed by atoms with Crippen LogP contribution in [0, 0.1) is 0 Å². The number of alkyl halides is 2. The van der Waals surface area contributed by atoms with Crippen molar-refractivity contribution in [1.82, 2.24) is 0 Å². The third-order valence-electron chi connectivity index (χ3n) is 3.22. The van der Waals surface area contributed by atoms with Crippen LogP contribution in [-0.2, 0) is 0 Å². The largest absolute Gasteiger partial charge is 0.486 e. The fourth-order valence-electron chi connectivity index (χ4n) is 2.14. The molecule has 1 heterocycles. The van der Waals surface area contributed by atoms with Crippen LogP contribution >= 0.6 is 15.9 Å². The molecule has 24 heavy (non-hydrogen) atoms. The minimum absolute atomic E-state index is 0.0120. The van der Waals surface area contributed by atoms with Crippen LogP contribution in [0.15, 0.2) is 40.9 Å². The van der Waals surface area contributed by atoms with E-state index in [1.54, 1.807) is 12.1 Å². The van der Waals surface area contributed by atoms with Crippen molar-refractivity contribution in [1.29, 1.82) is 0 Å². The number of hydrogen-bond acceptors (Lipinski definition) is 4. The van der Waals surface area contributed by atoms with Crippen molar-refractivity contribution in [3.05, 3.63) is 46.4 Å².